The van der Waals surface area contributed by atoms with Crippen LogP contribution < -0.4 is 10.6 Å². The monoisotopic (exact) mass is 399 g/mol. The van der Waals surface area contributed by atoms with Gasteiger partial charge in [-0.05, 0) is 34.0 Å². The molecular formula is C19H25N7OS. The van der Waals surface area contributed by atoms with Gasteiger partial charge in [-0.1, -0.05) is 0 Å². The third kappa shape index (κ3) is 3.41. The molecule has 4 heterocycles. The molecule has 0 unspecified atom stereocenters. The third-order valence-electron chi connectivity index (χ3n) is 5.32. The minimum Gasteiger partial charge on any atom is -0.378 e. The van der Waals surface area contributed by atoms with Gasteiger partial charge in [-0.15, -0.1) is 11.3 Å². The molecule has 0 amide bonds. The molecule has 4 rings (SSSR count). The molecule has 0 saturated carbocycles. The van der Waals surface area contributed by atoms with E-state index < -0.39 is 0 Å². The first-order chi connectivity index (χ1) is 13.4. The van der Waals surface area contributed by atoms with Crippen molar-refractivity contribution in [2.75, 3.05) is 51.0 Å². The number of morpholine rings is 1. The van der Waals surface area contributed by atoms with E-state index in [0.29, 0.717) is 19.0 Å². The maximum absolute atomic E-state index is 5.63. The minimum atomic E-state index is -0.0991. The van der Waals surface area contributed by atoms with Crippen LogP contribution in [-0.4, -0.2) is 65.2 Å². The van der Waals surface area contributed by atoms with E-state index in [1.807, 2.05) is 0 Å². The largest absolute Gasteiger partial charge is 0.378 e. The van der Waals surface area contributed by atoms with Crippen LogP contribution in [0.5, 0.6) is 0 Å². The Morgan fingerprint density at radius 1 is 1.14 bits per heavy atom. The summed E-state index contributed by atoms with van der Waals surface area (Å²) in [4.78, 5) is 23.7. The molecule has 0 bridgehead atoms. The van der Waals surface area contributed by atoms with Crippen LogP contribution in [0.3, 0.4) is 0 Å². The molecular weight excluding hydrogens is 374 g/mol. The van der Waals surface area contributed by atoms with E-state index in [1.165, 1.54) is 4.88 Å². The summed E-state index contributed by atoms with van der Waals surface area (Å²) in [5.74, 6) is 1.80. The zero-order valence-electron chi connectivity index (χ0n) is 16.6. The van der Waals surface area contributed by atoms with Crippen molar-refractivity contribution in [1.29, 1.82) is 0 Å². The molecule has 1 aliphatic heterocycles. The molecule has 2 N–H and O–H groups in total. The lowest BCUT2D eigenvalue weighted by Gasteiger charge is -2.31. The van der Waals surface area contributed by atoms with Crippen LogP contribution in [0.1, 0.15) is 18.7 Å². The number of rotatable bonds is 4. The van der Waals surface area contributed by atoms with Crippen LogP contribution in [0.15, 0.2) is 18.5 Å². The van der Waals surface area contributed by atoms with Crippen LogP contribution in [0, 0.1) is 0 Å². The van der Waals surface area contributed by atoms with Gasteiger partial charge >= 0.3 is 0 Å². The summed E-state index contributed by atoms with van der Waals surface area (Å²) in [6, 6.07) is 2.17. The van der Waals surface area contributed by atoms with Crippen LogP contribution in [0.4, 0.5) is 11.8 Å². The second-order valence-corrected chi connectivity index (χ2v) is 8.63. The highest BCUT2D eigenvalue weighted by atomic mass is 32.1. The summed E-state index contributed by atoms with van der Waals surface area (Å²) in [5, 5.41) is 0. The lowest BCUT2D eigenvalue weighted by atomic mass is 10.0. The second-order valence-electron chi connectivity index (χ2n) is 7.58. The molecule has 9 heteroatoms. The van der Waals surface area contributed by atoms with Gasteiger partial charge in [0.15, 0.2) is 11.6 Å². The van der Waals surface area contributed by atoms with E-state index >= 15 is 0 Å². The van der Waals surface area contributed by atoms with Crippen molar-refractivity contribution in [2.24, 2.45) is 0 Å². The van der Waals surface area contributed by atoms with E-state index in [9.17, 15) is 0 Å². The van der Waals surface area contributed by atoms with Crippen molar-refractivity contribution in [3.8, 4) is 11.4 Å². The van der Waals surface area contributed by atoms with Crippen molar-refractivity contribution in [3.05, 3.63) is 23.3 Å². The van der Waals surface area contributed by atoms with E-state index in [0.717, 1.165) is 34.7 Å². The number of hydrogen-bond donors (Lipinski definition) is 1. The SMILES string of the molecule is CN(C)C(C)(C)c1cc2nc(-c3cnc(N)nc3)nc(N3CCOCC3)c2s1. The molecule has 8 nitrogen and oxygen atoms in total. The number of aromatic nitrogens is 4. The van der Waals surface area contributed by atoms with Gasteiger partial charge in [-0.25, -0.2) is 19.9 Å². The molecule has 0 radical (unpaired) electrons. The van der Waals surface area contributed by atoms with Crippen LogP contribution in [-0.2, 0) is 10.3 Å². The van der Waals surface area contributed by atoms with Gasteiger partial charge in [0, 0.05) is 35.9 Å². The molecule has 148 valence electrons. The first kappa shape index (κ1) is 19.0. The summed E-state index contributed by atoms with van der Waals surface area (Å²) < 4.78 is 6.63. The fraction of sp³-hybridized carbons (Fsp3) is 0.474. The van der Waals surface area contributed by atoms with Gasteiger partial charge < -0.3 is 15.4 Å². The molecule has 0 aliphatic carbocycles. The average Bonchev–Trinajstić information content (AvgIpc) is 3.13. The Kier molecular flexibility index (Phi) is 4.90. The van der Waals surface area contributed by atoms with Crippen LogP contribution >= 0.6 is 11.3 Å². The molecule has 1 saturated heterocycles. The number of thiophene rings is 1. The number of hydrogen-bond acceptors (Lipinski definition) is 9. The Balaban J connectivity index is 1.89. The number of ether oxygens (including phenoxy) is 1. The number of nitrogens with zero attached hydrogens (tertiary/aromatic N) is 6. The maximum Gasteiger partial charge on any atom is 0.219 e. The van der Waals surface area contributed by atoms with Gasteiger partial charge in [0.05, 0.1) is 29.0 Å². The van der Waals surface area contributed by atoms with E-state index in [-0.39, 0.29) is 11.5 Å². The molecule has 1 fully saturated rings. The standard InChI is InChI=1S/C19H25N7OS/c1-19(2,25(3)4)14-9-13-15(28-14)17(26-5-7-27-8-6-26)24-16(23-13)12-10-21-18(20)22-11-12/h9-11H,5-8H2,1-4H3,(H2,20,21,22). The summed E-state index contributed by atoms with van der Waals surface area (Å²) in [5.41, 5.74) is 7.23. The van der Waals surface area contributed by atoms with Crippen molar-refractivity contribution >= 4 is 33.3 Å². The Labute approximate surface area is 168 Å². The van der Waals surface area contributed by atoms with Crippen molar-refractivity contribution in [2.45, 2.75) is 19.4 Å². The first-order valence-electron chi connectivity index (χ1n) is 9.26. The Hall–Kier alpha value is -2.36. The number of nitrogen functional groups attached to an aromatic ring is 1. The quantitative estimate of drug-likeness (QED) is 0.715. The molecule has 0 spiro atoms. The minimum absolute atomic E-state index is 0.0991. The summed E-state index contributed by atoms with van der Waals surface area (Å²) in [6.45, 7) is 7.46. The molecule has 0 atom stereocenters. The topological polar surface area (TPSA) is 93.3 Å². The first-order valence-corrected chi connectivity index (χ1v) is 10.1. The zero-order chi connectivity index (χ0) is 19.9. The summed E-state index contributed by atoms with van der Waals surface area (Å²) in [7, 11) is 4.19. The normalized spacial score (nSPS) is 15.5. The number of fused-ring (bicyclic) bond motifs is 1. The highest BCUT2D eigenvalue weighted by molar-refractivity contribution is 7.19. The summed E-state index contributed by atoms with van der Waals surface area (Å²) >= 11 is 1.76. The fourth-order valence-electron chi connectivity index (χ4n) is 3.01. The second kappa shape index (κ2) is 7.23. The molecule has 0 aromatic carbocycles. The van der Waals surface area contributed by atoms with Gasteiger partial charge in [0.1, 0.15) is 0 Å². The smallest absolute Gasteiger partial charge is 0.219 e. The van der Waals surface area contributed by atoms with Crippen molar-refractivity contribution in [1.82, 2.24) is 24.8 Å². The predicted molar refractivity (Wildman–Crippen MR) is 113 cm³/mol. The predicted octanol–water partition coefficient (Wildman–Crippen LogP) is 2.36. The van der Waals surface area contributed by atoms with Gasteiger partial charge in [0.25, 0.3) is 0 Å². The van der Waals surface area contributed by atoms with Gasteiger partial charge in [-0.2, -0.15) is 0 Å². The summed E-state index contributed by atoms with van der Waals surface area (Å²) in [6.07, 6.45) is 3.34. The number of anilines is 2. The average molecular weight is 400 g/mol. The van der Waals surface area contributed by atoms with E-state index in [1.54, 1.807) is 23.7 Å². The fourth-order valence-corrected chi connectivity index (χ4v) is 4.31. The number of nitrogens with two attached hydrogens (primary N) is 1. The van der Waals surface area contributed by atoms with Crippen LogP contribution in [0.2, 0.25) is 0 Å². The maximum atomic E-state index is 5.63. The van der Waals surface area contributed by atoms with Crippen LogP contribution in [0.25, 0.3) is 21.6 Å². The highest BCUT2D eigenvalue weighted by Crippen LogP contribution is 2.39. The van der Waals surface area contributed by atoms with Crippen molar-refractivity contribution < 1.29 is 4.74 Å². The Morgan fingerprint density at radius 3 is 2.46 bits per heavy atom. The molecule has 1 aliphatic rings. The van der Waals surface area contributed by atoms with Gasteiger partial charge in [-0.3, -0.25) is 4.90 Å². The molecule has 3 aromatic heterocycles. The zero-order valence-corrected chi connectivity index (χ0v) is 17.5. The third-order valence-corrected chi connectivity index (χ3v) is 6.75. The Bertz CT molecular complexity index is 978. The molecule has 3 aromatic rings. The lowest BCUT2D eigenvalue weighted by Crippen LogP contribution is -2.36. The highest BCUT2D eigenvalue weighted by Gasteiger charge is 2.28. The van der Waals surface area contributed by atoms with E-state index in [2.05, 4.69) is 53.8 Å². The van der Waals surface area contributed by atoms with Gasteiger partial charge in [0.2, 0.25) is 5.95 Å². The van der Waals surface area contributed by atoms with E-state index in [4.69, 9.17) is 20.4 Å². The van der Waals surface area contributed by atoms with Crippen molar-refractivity contribution in [3.63, 3.8) is 0 Å². The Morgan fingerprint density at radius 2 is 1.82 bits per heavy atom. The molecule has 28 heavy (non-hydrogen) atoms. The lowest BCUT2D eigenvalue weighted by molar-refractivity contribution is 0.122.